The fourth-order valence-corrected chi connectivity index (χ4v) is 3.67. The third kappa shape index (κ3) is 3.31. The van der Waals surface area contributed by atoms with Crippen LogP contribution < -0.4 is 0 Å². The molecule has 5 aromatic rings. The summed E-state index contributed by atoms with van der Waals surface area (Å²) in [4.78, 5) is 4.41. The largest absolute Gasteiger partial charge is 0.446 e. The highest BCUT2D eigenvalue weighted by Gasteiger charge is 2.29. The van der Waals surface area contributed by atoms with Crippen molar-refractivity contribution in [1.29, 1.82) is 0 Å². The Hall–Kier alpha value is -3.40. The van der Waals surface area contributed by atoms with Gasteiger partial charge in [-0.25, -0.2) is 4.98 Å². The van der Waals surface area contributed by atoms with E-state index in [9.17, 15) is 13.2 Å². The van der Waals surface area contributed by atoms with Gasteiger partial charge in [-0.2, -0.15) is 27.5 Å². The van der Waals surface area contributed by atoms with Crippen molar-refractivity contribution in [3.8, 4) is 17.1 Å². The molecule has 0 aliphatic carbocycles. The number of aromatic nitrogens is 6. The fraction of sp³-hybridized carbons (Fsp3) is 0.0526. The number of hydrogen-bond donors (Lipinski definition) is 0. The van der Waals surface area contributed by atoms with Crippen LogP contribution >= 0.6 is 11.8 Å². The van der Waals surface area contributed by atoms with Gasteiger partial charge in [0.2, 0.25) is 0 Å². The summed E-state index contributed by atoms with van der Waals surface area (Å²) in [5.74, 6) is 0.621. The lowest BCUT2D eigenvalue weighted by Gasteiger charge is -2.06. The van der Waals surface area contributed by atoms with Crippen molar-refractivity contribution in [2.45, 2.75) is 10.4 Å². The highest BCUT2D eigenvalue weighted by molar-refractivity contribution is 8.00. The molecule has 0 unspecified atom stereocenters. The average molecular weight is 412 g/mol. The first-order chi connectivity index (χ1) is 14.0. The third-order valence-electron chi connectivity index (χ3n) is 4.27. The first-order valence-corrected chi connectivity index (χ1v) is 9.31. The number of thioether (sulfide) groups is 1. The summed E-state index contributed by atoms with van der Waals surface area (Å²) in [6, 6.07) is 17.2. The zero-order chi connectivity index (χ0) is 20.0. The lowest BCUT2D eigenvalue weighted by molar-refractivity contribution is -0.0328. The number of nitrogens with zero attached hydrogens (tertiary/aromatic N) is 6. The van der Waals surface area contributed by atoms with E-state index in [1.54, 1.807) is 39.7 Å². The van der Waals surface area contributed by atoms with Crippen LogP contribution in [0.5, 0.6) is 0 Å². The number of alkyl halides is 3. The summed E-state index contributed by atoms with van der Waals surface area (Å²) in [5, 5.41) is 12.9. The number of fused-ring (bicyclic) bond motifs is 2. The van der Waals surface area contributed by atoms with Crippen molar-refractivity contribution in [3.63, 3.8) is 0 Å². The van der Waals surface area contributed by atoms with Crippen LogP contribution in [0, 0.1) is 0 Å². The van der Waals surface area contributed by atoms with Gasteiger partial charge in [0.15, 0.2) is 11.5 Å². The first kappa shape index (κ1) is 17.7. The first-order valence-electron chi connectivity index (χ1n) is 8.50. The molecule has 0 saturated carbocycles. The lowest BCUT2D eigenvalue weighted by Crippen LogP contribution is -2.05. The van der Waals surface area contributed by atoms with Crippen LogP contribution in [0.3, 0.4) is 0 Å². The molecule has 3 aromatic heterocycles. The van der Waals surface area contributed by atoms with Gasteiger partial charge in [0, 0.05) is 28.8 Å². The Morgan fingerprint density at radius 2 is 1.79 bits per heavy atom. The zero-order valence-corrected chi connectivity index (χ0v) is 15.4. The highest BCUT2D eigenvalue weighted by Crippen LogP contribution is 2.38. The molecule has 0 atom stereocenters. The number of hydrogen-bond acceptors (Lipinski definition) is 5. The van der Waals surface area contributed by atoms with E-state index in [-0.39, 0.29) is 16.7 Å². The van der Waals surface area contributed by atoms with Crippen LogP contribution in [-0.2, 0) is 0 Å². The molecule has 0 aliphatic rings. The SMILES string of the molecule is FC(F)(F)Sc1cccc(-c2cc3nccc(-n4nnc5ccccc54)n3n2)c1. The van der Waals surface area contributed by atoms with E-state index < -0.39 is 5.51 Å². The third-order valence-corrected chi connectivity index (χ3v) is 4.99. The van der Waals surface area contributed by atoms with Crippen LogP contribution in [0.4, 0.5) is 13.2 Å². The zero-order valence-electron chi connectivity index (χ0n) is 14.6. The van der Waals surface area contributed by atoms with Crippen LogP contribution in [0.15, 0.2) is 71.8 Å². The molecular weight excluding hydrogens is 401 g/mol. The fourth-order valence-electron chi connectivity index (χ4n) is 3.07. The van der Waals surface area contributed by atoms with Gasteiger partial charge in [0.25, 0.3) is 0 Å². The number of halogens is 3. The van der Waals surface area contributed by atoms with Gasteiger partial charge < -0.3 is 0 Å². The number of para-hydroxylation sites is 1. The van der Waals surface area contributed by atoms with E-state index in [1.165, 1.54) is 12.1 Å². The Morgan fingerprint density at radius 1 is 0.931 bits per heavy atom. The minimum atomic E-state index is -4.35. The van der Waals surface area contributed by atoms with Crippen LogP contribution in [0.25, 0.3) is 33.8 Å². The predicted octanol–water partition coefficient (Wildman–Crippen LogP) is 4.74. The van der Waals surface area contributed by atoms with E-state index in [4.69, 9.17) is 0 Å². The molecule has 3 heterocycles. The molecule has 0 aliphatic heterocycles. The molecule has 0 fully saturated rings. The molecule has 6 nitrogen and oxygen atoms in total. The smallest absolute Gasteiger partial charge is 0.237 e. The molecule has 10 heteroatoms. The lowest BCUT2D eigenvalue weighted by atomic mass is 10.1. The molecule has 0 bridgehead atoms. The van der Waals surface area contributed by atoms with Crippen molar-refractivity contribution < 1.29 is 13.2 Å². The molecule has 0 N–H and O–H groups in total. The average Bonchev–Trinajstić information content (AvgIpc) is 3.31. The Balaban J connectivity index is 1.62. The maximum atomic E-state index is 12.7. The molecule has 5 rings (SSSR count). The van der Waals surface area contributed by atoms with Crippen LogP contribution in [-0.4, -0.2) is 35.1 Å². The standard InChI is InChI=1S/C19H11F3N6S/c20-19(21,22)29-13-5-3-4-12(10-13)15-11-17-23-9-8-18(28(17)25-15)27-16-7-2-1-6-14(16)24-26-27/h1-11H. The maximum absolute atomic E-state index is 12.7. The van der Waals surface area contributed by atoms with E-state index in [1.807, 2.05) is 24.3 Å². The number of benzene rings is 2. The Bertz CT molecular complexity index is 1340. The van der Waals surface area contributed by atoms with Gasteiger partial charge >= 0.3 is 5.51 Å². The van der Waals surface area contributed by atoms with Gasteiger partial charge in [0.1, 0.15) is 5.52 Å². The Kier molecular flexibility index (Phi) is 4.02. The van der Waals surface area contributed by atoms with Gasteiger partial charge in [0.05, 0.1) is 11.2 Å². The van der Waals surface area contributed by atoms with Crippen molar-refractivity contribution in [2.24, 2.45) is 0 Å². The summed E-state index contributed by atoms with van der Waals surface area (Å²) in [5.41, 5.74) is -1.17. The van der Waals surface area contributed by atoms with Crippen molar-refractivity contribution in [1.82, 2.24) is 29.6 Å². The molecule has 0 amide bonds. The Labute approximate surface area is 166 Å². The van der Waals surface area contributed by atoms with Crippen LogP contribution in [0.2, 0.25) is 0 Å². The second-order valence-electron chi connectivity index (χ2n) is 6.17. The van der Waals surface area contributed by atoms with E-state index in [0.717, 1.165) is 11.0 Å². The monoisotopic (exact) mass is 412 g/mol. The predicted molar refractivity (Wildman–Crippen MR) is 103 cm³/mol. The van der Waals surface area contributed by atoms with Gasteiger partial charge in [-0.05, 0) is 36.0 Å². The molecule has 144 valence electrons. The molecule has 29 heavy (non-hydrogen) atoms. The summed E-state index contributed by atoms with van der Waals surface area (Å²) in [6.45, 7) is 0. The normalized spacial score (nSPS) is 12.1. The van der Waals surface area contributed by atoms with Crippen LogP contribution in [0.1, 0.15) is 0 Å². The highest BCUT2D eigenvalue weighted by atomic mass is 32.2. The summed E-state index contributed by atoms with van der Waals surface area (Å²) < 4.78 is 41.3. The number of rotatable bonds is 3. The van der Waals surface area contributed by atoms with Crippen molar-refractivity contribution >= 4 is 28.4 Å². The second kappa shape index (κ2) is 6.59. The molecule has 0 spiro atoms. The van der Waals surface area contributed by atoms with Crippen molar-refractivity contribution in [2.75, 3.05) is 0 Å². The minimum absolute atomic E-state index is 0.0995. The van der Waals surface area contributed by atoms with Gasteiger partial charge in [-0.15, -0.1) is 5.10 Å². The summed E-state index contributed by atoms with van der Waals surface area (Å²) in [7, 11) is 0. The van der Waals surface area contributed by atoms with Gasteiger partial charge in [-0.3, -0.25) is 0 Å². The molecule has 0 saturated heterocycles. The summed E-state index contributed by atoms with van der Waals surface area (Å²) >= 11 is -0.154. The maximum Gasteiger partial charge on any atom is 0.446 e. The molecule has 2 aromatic carbocycles. The van der Waals surface area contributed by atoms with E-state index in [2.05, 4.69) is 20.4 Å². The summed E-state index contributed by atoms with van der Waals surface area (Å²) in [6.07, 6.45) is 1.63. The molecule has 0 radical (unpaired) electrons. The van der Waals surface area contributed by atoms with Gasteiger partial charge in [-0.1, -0.05) is 29.5 Å². The topological polar surface area (TPSA) is 60.9 Å². The minimum Gasteiger partial charge on any atom is -0.237 e. The second-order valence-corrected chi connectivity index (χ2v) is 7.31. The van der Waals surface area contributed by atoms with E-state index >= 15 is 0 Å². The van der Waals surface area contributed by atoms with E-state index in [0.29, 0.717) is 22.7 Å². The Morgan fingerprint density at radius 3 is 2.66 bits per heavy atom. The quantitative estimate of drug-likeness (QED) is 0.401. The van der Waals surface area contributed by atoms with Crippen molar-refractivity contribution in [3.05, 3.63) is 66.9 Å². The molecular formula is C19H11F3N6S.